The summed E-state index contributed by atoms with van der Waals surface area (Å²) in [6.45, 7) is 3.10. The summed E-state index contributed by atoms with van der Waals surface area (Å²) in [5.74, 6) is 1.21. The monoisotopic (exact) mass is 439 g/mol. The molecule has 2 aromatic heterocycles. The fourth-order valence-electron chi connectivity index (χ4n) is 4.59. The van der Waals surface area contributed by atoms with Gasteiger partial charge in [0.05, 0.1) is 11.0 Å². The Kier molecular flexibility index (Phi) is 6.33. The Balaban J connectivity index is 1.25. The quantitative estimate of drug-likeness (QED) is 0.469. The summed E-state index contributed by atoms with van der Waals surface area (Å²) in [5.41, 5.74) is 4.59. The molecule has 168 valence electrons. The summed E-state index contributed by atoms with van der Waals surface area (Å²) >= 11 is 0. The van der Waals surface area contributed by atoms with Crippen molar-refractivity contribution in [2.24, 2.45) is 5.92 Å². The van der Waals surface area contributed by atoms with Crippen LogP contribution in [0.3, 0.4) is 0 Å². The molecule has 3 heterocycles. The molecule has 1 saturated heterocycles. The number of rotatable bonds is 7. The fraction of sp³-hybridized carbons (Fsp3) is 0.296. The average Bonchev–Trinajstić information content (AvgIpc) is 3.26. The molecule has 1 aliphatic heterocycles. The van der Waals surface area contributed by atoms with Crippen LogP contribution in [0.15, 0.2) is 79.1 Å². The van der Waals surface area contributed by atoms with Gasteiger partial charge in [0.25, 0.3) is 0 Å². The zero-order chi connectivity index (χ0) is 22.5. The van der Waals surface area contributed by atoms with Gasteiger partial charge in [-0.2, -0.15) is 0 Å². The summed E-state index contributed by atoms with van der Waals surface area (Å²) in [6, 6.07) is 22.8. The molecule has 6 heteroatoms. The van der Waals surface area contributed by atoms with Crippen LogP contribution in [0.5, 0.6) is 0 Å². The summed E-state index contributed by atoms with van der Waals surface area (Å²) in [5, 5.41) is 3.09. The largest absolute Gasteiger partial charge is 0.352 e. The Hall–Kier alpha value is -3.67. The zero-order valence-electron chi connectivity index (χ0n) is 18.7. The predicted octanol–water partition coefficient (Wildman–Crippen LogP) is 4.21. The zero-order valence-corrected chi connectivity index (χ0v) is 18.7. The number of imidazole rings is 1. The van der Waals surface area contributed by atoms with Gasteiger partial charge in [-0.05, 0) is 54.7 Å². The molecule has 0 radical (unpaired) electrons. The highest BCUT2D eigenvalue weighted by Gasteiger charge is 2.27. The number of fused-ring (bicyclic) bond motifs is 1. The normalized spacial score (nSPS) is 14.5. The van der Waals surface area contributed by atoms with Gasteiger partial charge in [-0.3, -0.25) is 9.78 Å². The molecule has 1 aliphatic rings. The van der Waals surface area contributed by atoms with Gasteiger partial charge < -0.3 is 14.8 Å². The molecule has 0 unspecified atom stereocenters. The fourth-order valence-corrected chi connectivity index (χ4v) is 4.59. The summed E-state index contributed by atoms with van der Waals surface area (Å²) in [4.78, 5) is 24.1. The Morgan fingerprint density at radius 3 is 2.42 bits per heavy atom. The van der Waals surface area contributed by atoms with E-state index in [1.165, 1.54) is 11.1 Å². The van der Waals surface area contributed by atoms with Gasteiger partial charge in [0.2, 0.25) is 11.9 Å². The number of aryl methyl sites for hydroxylation is 2. The van der Waals surface area contributed by atoms with Crippen LogP contribution in [0.4, 0.5) is 5.95 Å². The van der Waals surface area contributed by atoms with Crippen molar-refractivity contribution < 1.29 is 4.79 Å². The number of pyridine rings is 1. The molecule has 6 nitrogen and oxygen atoms in total. The Morgan fingerprint density at radius 1 is 0.909 bits per heavy atom. The Labute approximate surface area is 194 Å². The van der Waals surface area contributed by atoms with Crippen LogP contribution in [0.25, 0.3) is 11.0 Å². The second-order valence-electron chi connectivity index (χ2n) is 8.62. The average molecular weight is 440 g/mol. The standard InChI is InChI=1S/C27H29N5O/c33-26(29-20-22-10-15-28-16-11-22)23-13-17-31(18-14-23)27-30-24-8-4-5-9-25(24)32(27)19-12-21-6-2-1-3-7-21/h1-11,15-16,23H,12-14,17-20H2,(H,29,33). The first-order chi connectivity index (χ1) is 16.3. The molecule has 0 saturated carbocycles. The minimum atomic E-state index is 0.0465. The molecule has 5 rings (SSSR count). The van der Waals surface area contributed by atoms with Crippen LogP contribution in [0.2, 0.25) is 0 Å². The second-order valence-corrected chi connectivity index (χ2v) is 8.62. The number of anilines is 1. The van der Waals surface area contributed by atoms with Gasteiger partial charge in [-0.15, -0.1) is 0 Å². The molecule has 1 fully saturated rings. The molecule has 2 aromatic carbocycles. The van der Waals surface area contributed by atoms with Gasteiger partial charge in [0, 0.05) is 44.5 Å². The van der Waals surface area contributed by atoms with E-state index in [0.29, 0.717) is 6.54 Å². The first-order valence-corrected chi connectivity index (χ1v) is 11.7. The molecule has 0 spiro atoms. The number of hydrogen-bond acceptors (Lipinski definition) is 4. The van der Waals surface area contributed by atoms with E-state index in [1.807, 2.05) is 18.2 Å². The maximum Gasteiger partial charge on any atom is 0.223 e. The van der Waals surface area contributed by atoms with Gasteiger partial charge in [-0.1, -0.05) is 42.5 Å². The maximum absolute atomic E-state index is 12.7. The number of hydrogen-bond donors (Lipinski definition) is 1. The highest BCUT2D eigenvalue weighted by Crippen LogP contribution is 2.27. The van der Waals surface area contributed by atoms with Gasteiger partial charge >= 0.3 is 0 Å². The van der Waals surface area contributed by atoms with Gasteiger partial charge in [0.1, 0.15) is 0 Å². The highest BCUT2D eigenvalue weighted by atomic mass is 16.1. The van der Waals surface area contributed by atoms with Crippen LogP contribution >= 0.6 is 0 Å². The maximum atomic E-state index is 12.7. The number of aromatic nitrogens is 3. The van der Waals surface area contributed by atoms with E-state index in [0.717, 1.165) is 55.9 Å². The van der Waals surface area contributed by atoms with Gasteiger partial charge in [-0.25, -0.2) is 4.98 Å². The van der Waals surface area contributed by atoms with Crippen molar-refractivity contribution in [3.05, 3.63) is 90.3 Å². The third kappa shape index (κ3) is 4.90. The van der Waals surface area contributed by atoms with Crippen LogP contribution < -0.4 is 10.2 Å². The molecule has 1 amide bonds. The van der Waals surface area contributed by atoms with Crippen molar-refractivity contribution in [1.29, 1.82) is 0 Å². The predicted molar refractivity (Wildman–Crippen MR) is 131 cm³/mol. The number of amides is 1. The van der Waals surface area contributed by atoms with Crippen LogP contribution in [-0.4, -0.2) is 33.5 Å². The molecule has 4 aromatic rings. The van der Waals surface area contributed by atoms with Crippen LogP contribution in [0, 0.1) is 5.92 Å². The van der Waals surface area contributed by atoms with Crippen LogP contribution in [0.1, 0.15) is 24.0 Å². The third-order valence-corrected chi connectivity index (χ3v) is 6.47. The van der Waals surface area contributed by atoms with Crippen molar-refractivity contribution in [3.63, 3.8) is 0 Å². The number of benzene rings is 2. The minimum Gasteiger partial charge on any atom is -0.352 e. The minimum absolute atomic E-state index is 0.0465. The number of nitrogens with zero attached hydrogens (tertiary/aromatic N) is 4. The molecular formula is C27H29N5O. The van der Waals surface area contributed by atoms with Crippen molar-refractivity contribution >= 4 is 22.9 Å². The summed E-state index contributed by atoms with van der Waals surface area (Å²) in [7, 11) is 0. The first-order valence-electron chi connectivity index (χ1n) is 11.7. The van der Waals surface area contributed by atoms with Crippen molar-refractivity contribution in [2.45, 2.75) is 32.4 Å². The highest BCUT2D eigenvalue weighted by molar-refractivity contribution is 5.80. The lowest BCUT2D eigenvalue weighted by atomic mass is 9.96. The van der Waals surface area contributed by atoms with E-state index in [2.05, 4.69) is 68.3 Å². The van der Waals surface area contributed by atoms with Crippen molar-refractivity contribution in [3.8, 4) is 0 Å². The van der Waals surface area contributed by atoms with Crippen molar-refractivity contribution in [1.82, 2.24) is 19.9 Å². The summed E-state index contributed by atoms with van der Waals surface area (Å²) < 4.78 is 2.34. The lowest BCUT2D eigenvalue weighted by molar-refractivity contribution is -0.125. The first kappa shape index (κ1) is 21.2. The van der Waals surface area contributed by atoms with Crippen molar-refractivity contribution in [2.75, 3.05) is 18.0 Å². The van der Waals surface area contributed by atoms with E-state index < -0.39 is 0 Å². The molecule has 0 aliphatic carbocycles. The number of carbonyl (C=O) groups is 1. The molecular weight excluding hydrogens is 410 g/mol. The smallest absolute Gasteiger partial charge is 0.223 e. The molecule has 1 N–H and O–H groups in total. The number of carbonyl (C=O) groups excluding carboxylic acids is 1. The van der Waals surface area contributed by atoms with E-state index in [-0.39, 0.29) is 11.8 Å². The number of nitrogens with one attached hydrogen (secondary N) is 1. The van der Waals surface area contributed by atoms with Gasteiger partial charge in [0.15, 0.2) is 0 Å². The third-order valence-electron chi connectivity index (χ3n) is 6.47. The summed E-state index contributed by atoms with van der Waals surface area (Å²) in [6.07, 6.45) is 6.14. The second kappa shape index (κ2) is 9.86. The Morgan fingerprint density at radius 2 is 1.64 bits per heavy atom. The van der Waals surface area contributed by atoms with E-state index in [1.54, 1.807) is 12.4 Å². The van der Waals surface area contributed by atoms with E-state index in [4.69, 9.17) is 4.98 Å². The Bertz CT molecular complexity index is 1200. The SMILES string of the molecule is O=C(NCc1ccncc1)C1CCN(c2nc3ccccc3n2CCc2ccccc2)CC1. The molecule has 0 atom stereocenters. The van der Waals surface area contributed by atoms with Crippen LogP contribution in [-0.2, 0) is 24.3 Å². The van der Waals surface area contributed by atoms with E-state index in [9.17, 15) is 4.79 Å². The van der Waals surface area contributed by atoms with E-state index >= 15 is 0 Å². The molecule has 0 bridgehead atoms. The topological polar surface area (TPSA) is 63.1 Å². The number of para-hydroxylation sites is 2. The molecule has 33 heavy (non-hydrogen) atoms. The lowest BCUT2D eigenvalue weighted by Crippen LogP contribution is -2.41. The lowest BCUT2D eigenvalue weighted by Gasteiger charge is -2.32. The number of piperidine rings is 1.